The van der Waals surface area contributed by atoms with E-state index in [0.29, 0.717) is 11.6 Å². The molecule has 126 valence electrons. The molecular formula is C16H18ClN5OS. The summed E-state index contributed by atoms with van der Waals surface area (Å²) in [6, 6.07) is 7.54. The van der Waals surface area contributed by atoms with Crippen molar-refractivity contribution in [1.29, 1.82) is 0 Å². The Labute approximate surface area is 148 Å². The Hall–Kier alpha value is -2.12. The van der Waals surface area contributed by atoms with Crippen LogP contribution in [-0.4, -0.2) is 34.1 Å². The molecule has 0 atom stereocenters. The van der Waals surface area contributed by atoms with Crippen molar-refractivity contribution in [3.8, 4) is 11.3 Å². The van der Waals surface area contributed by atoms with E-state index in [2.05, 4.69) is 20.7 Å². The largest absolute Gasteiger partial charge is 0.359 e. The summed E-state index contributed by atoms with van der Waals surface area (Å²) >= 11 is 7.36. The van der Waals surface area contributed by atoms with Crippen LogP contribution in [-0.2, 0) is 4.79 Å². The highest BCUT2D eigenvalue weighted by Gasteiger charge is 2.26. The Balaban J connectivity index is 1.75. The molecule has 0 bridgehead atoms. The van der Waals surface area contributed by atoms with Crippen molar-refractivity contribution < 1.29 is 4.79 Å². The number of rotatable bonds is 5. The maximum Gasteiger partial charge on any atom is 0.227 e. The first-order valence-electron chi connectivity index (χ1n) is 7.47. The molecule has 0 spiro atoms. The molecule has 0 fully saturated rings. The second-order valence-corrected chi connectivity index (χ2v) is 7.48. The van der Waals surface area contributed by atoms with Gasteiger partial charge < -0.3 is 10.6 Å². The van der Waals surface area contributed by atoms with Gasteiger partial charge in [-0.15, -0.1) is 5.10 Å². The Morgan fingerprint density at radius 3 is 2.67 bits per heavy atom. The van der Waals surface area contributed by atoms with Gasteiger partial charge in [-0.1, -0.05) is 35.1 Å². The predicted octanol–water partition coefficient (Wildman–Crippen LogP) is 3.30. The molecule has 0 aliphatic heterocycles. The third-order valence-corrected chi connectivity index (χ3v) is 4.84. The molecule has 0 saturated carbocycles. The molecule has 1 aromatic carbocycles. The number of nitrogens with one attached hydrogen (secondary N) is 2. The van der Waals surface area contributed by atoms with Crippen LogP contribution in [0.25, 0.3) is 16.2 Å². The van der Waals surface area contributed by atoms with Crippen LogP contribution in [0, 0.1) is 5.41 Å². The molecule has 3 aromatic rings. The zero-order valence-corrected chi connectivity index (χ0v) is 15.2. The normalized spacial score (nSPS) is 11.7. The lowest BCUT2D eigenvalue weighted by Gasteiger charge is -2.22. The van der Waals surface area contributed by atoms with Gasteiger partial charge in [-0.25, -0.2) is 9.50 Å². The van der Waals surface area contributed by atoms with Crippen LogP contribution in [0.3, 0.4) is 0 Å². The highest BCUT2D eigenvalue weighted by Crippen LogP contribution is 2.26. The summed E-state index contributed by atoms with van der Waals surface area (Å²) in [5, 5.41) is 11.8. The van der Waals surface area contributed by atoms with Gasteiger partial charge in [-0.3, -0.25) is 4.79 Å². The first kappa shape index (κ1) is 16.7. The molecule has 2 heterocycles. The topological polar surface area (TPSA) is 71.3 Å². The summed E-state index contributed by atoms with van der Waals surface area (Å²) in [4.78, 5) is 17.2. The van der Waals surface area contributed by atoms with E-state index in [1.165, 1.54) is 11.3 Å². The third-order valence-electron chi connectivity index (χ3n) is 3.71. The Morgan fingerprint density at radius 2 is 2.04 bits per heavy atom. The van der Waals surface area contributed by atoms with Crippen molar-refractivity contribution >= 4 is 38.9 Å². The maximum atomic E-state index is 11.8. The number of nitrogens with zero attached hydrogens (tertiary/aromatic N) is 3. The summed E-state index contributed by atoms with van der Waals surface area (Å²) in [5.41, 5.74) is 1.33. The van der Waals surface area contributed by atoms with Crippen LogP contribution in [0.2, 0.25) is 5.02 Å². The van der Waals surface area contributed by atoms with Gasteiger partial charge in [0, 0.05) is 24.2 Å². The zero-order chi connectivity index (χ0) is 17.3. The highest BCUT2D eigenvalue weighted by atomic mass is 35.5. The number of aromatic nitrogens is 3. The summed E-state index contributed by atoms with van der Waals surface area (Å²) < 4.78 is 1.74. The molecule has 0 aliphatic rings. The van der Waals surface area contributed by atoms with Crippen molar-refractivity contribution in [3.05, 3.63) is 35.5 Å². The number of hydrogen-bond acceptors (Lipinski definition) is 5. The predicted molar refractivity (Wildman–Crippen MR) is 97.6 cm³/mol. The second kappa shape index (κ2) is 6.41. The first-order valence-corrected chi connectivity index (χ1v) is 8.67. The van der Waals surface area contributed by atoms with Gasteiger partial charge in [0.1, 0.15) is 0 Å². The summed E-state index contributed by atoms with van der Waals surface area (Å²) in [7, 11) is 1.64. The van der Waals surface area contributed by atoms with Crippen molar-refractivity contribution in [2.75, 3.05) is 18.9 Å². The van der Waals surface area contributed by atoms with E-state index in [-0.39, 0.29) is 5.91 Å². The fourth-order valence-corrected chi connectivity index (χ4v) is 3.15. The minimum atomic E-state index is -0.517. The molecule has 0 radical (unpaired) electrons. The van der Waals surface area contributed by atoms with Gasteiger partial charge in [0.05, 0.1) is 17.3 Å². The number of halogens is 1. The second-order valence-electron chi connectivity index (χ2n) is 6.08. The van der Waals surface area contributed by atoms with Crippen LogP contribution in [0.15, 0.2) is 30.5 Å². The van der Waals surface area contributed by atoms with E-state index >= 15 is 0 Å². The standard InChI is InChI=1S/C16H18ClN5OS/c1-16(2,13(23)18-3)9-19-14-21-22-8-12(20-15(22)24-14)10-4-6-11(17)7-5-10/h4-8H,9H2,1-3H3,(H,18,23)(H,19,21). The van der Waals surface area contributed by atoms with Gasteiger partial charge >= 0.3 is 0 Å². The Morgan fingerprint density at radius 1 is 1.33 bits per heavy atom. The zero-order valence-electron chi connectivity index (χ0n) is 13.6. The lowest BCUT2D eigenvalue weighted by molar-refractivity contribution is -0.128. The van der Waals surface area contributed by atoms with Crippen molar-refractivity contribution in [3.63, 3.8) is 0 Å². The Bertz CT molecular complexity index is 837. The van der Waals surface area contributed by atoms with E-state index in [4.69, 9.17) is 11.6 Å². The van der Waals surface area contributed by atoms with Crippen LogP contribution >= 0.6 is 22.9 Å². The minimum absolute atomic E-state index is 0.0126. The number of amides is 1. The van der Waals surface area contributed by atoms with E-state index in [9.17, 15) is 4.79 Å². The molecule has 0 saturated heterocycles. The number of fused-ring (bicyclic) bond motifs is 1. The van der Waals surface area contributed by atoms with E-state index in [1.807, 2.05) is 44.3 Å². The van der Waals surface area contributed by atoms with Gasteiger partial charge in [0.15, 0.2) is 0 Å². The van der Waals surface area contributed by atoms with Crippen LogP contribution in [0.4, 0.5) is 5.13 Å². The molecule has 0 aliphatic carbocycles. The number of anilines is 1. The molecule has 2 aromatic heterocycles. The van der Waals surface area contributed by atoms with Crippen LogP contribution < -0.4 is 10.6 Å². The SMILES string of the molecule is CNC(=O)C(C)(C)CNc1nn2cc(-c3ccc(Cl)cc3)nc2s1. The van der Waals surface area contributed by atoms with E-state index in [0.717, 1.165) is 21.3 Å². The lowest BCUT2D eigenvalue weighted by atomic mass is 9.92. The third kappa shape index (κ3) is 3.37. The average molecular weight is 364 g/mol. The Kier molecular flexibility index (Phi) is 4.47. The molecule has 8 heteroatoms. The number of carbonyl (C=O) groups excluding carboxylic acids is 1. The molecule has 3 rings (SSSR count). The van der Waals surface area contributed by atoms with Gasteiger partial charge in [-0.2, -0.15) is 0 Å². The highest BCUT2D eigenvalue weighted by molar-refractivity contribution is 7.20. The van der Waals surface area contributed by atoms with E-state index < -0.39 is 5.41 Å². The molecule has 0 unspecified atom stereocenters. The lowest BCUT2D eigenvalue weighted by Crippen LogP contribution is -2.39. The van der Waals surface area contributed by atoms with Gasteiger partial charge in [0.2, 0.25) is 16.0 Å². The molecule has 1 amide bonds. The first-order chi connectivity index (χ1) is 11.4. The molecular weight excluding hydrogens is 346 g/mol. The van der Waals surface area contributed by atoms with Gasteiger partial charge in [0.25, 0.3) is 0 Å². The smallest absolute Gasteiger partial charge is 0.227 e. The van der Waals surface area contributed by atoms with Crippen molar-refractivity contribution in [2.45, 2.75) is 13.8 Å². The summed E-state index contributed by atoms with van der Waals surface area (Å²) in [6.07, 6.45) is 1.88. The fraction of sp³-hybridized carbons (Fsp3) is 0.312. The van der Waals surface area contributed by atoms with Crippen LogP contribution in [0.1, 0.15) is 13.8 Å². The van der Waals surface area contributed by atoms with E-state index in [1.54, 1.807) is 11.6 Å². The number of hydrogen-bond donors (Lipinski definition) is 2. The average Bonchev–Trinajstić information content (AvgIpc) is 3.11. The van der Waals surface area contributed by atoms with Crippen molar-refractivity contribution in [2.24, 2.45) is 5.41 Å². The monoisotopic (exact) mass is 363 g/mol. The summed E-state index contributed by atoms with van der Waals surface area (Å²) in [5.74, 6) is -0.0126. The number of imidazole rings is 1. The minimum Gasteiger partial charge on any atom is -0.359 e. The van der Waals surface area contributed by atoms with Gasteiger partial charge in [-0.05, 0) is 26.0 Å². The molecule has 2 N–H and O–H groups in total. The van der Waals surface area contributed by atoms with Crippen LogP contribution in [0.5, 0.6) is 0 Å². The maximum absolute atomic E-state index is 11.8. The number of benzene rings is 1. The number of carbonyl (C=O) groups is 1. The molecule has 24 heavy (non-hydrogen) atoms. The van der Waals surface area contributed by atoms with Crippen molar-refractivity contribution in [1.82, 2.24) is 19.9 Å². The quantitative estimate of drug-likeness (QED) is 0.729. The summed E-state index contributed by atoms with van der Waals surface area (Å²) in [6.45, 7) is 4.26. The fourth-order valence-electron chi connectivity index (χ4n) is 2.25. The molecule has 6 nitrogen and oxygen atoms in total.